The predicted molar refractivity (Wildman–Crippen MR) is 110 cm³/mol. The molecule has 0 saturated heterocycles. The molecular formula is C20H24F2N6O2. The lowest BCUT2D eigenvalue weighted by Crippen LogP contribution is -2.43. The summed E-state index contributed by atoms with van der Waals surface area (Å²) < 4.78 is 31.9. The summed E-state index contributed by atoms with van der Waals surface area (Å²) in [6.07, 6.45) is 3.73. The number of nitrogens with two attached hydrogens (primary N) is 1. The van der Waals surface area contributed by atoms with Crippen molar-refractivity contribution in [3.05, 3.63) is 56.2 Å². The summed E-state index contributed by atoms with van der Waals surface area (Å²) in [6.45, 7) is -0.127. The van der Waals surface area contributed by atoms with E-state index in [0.717, 1.165) is 36.3 Å². The van der Waals surface area contributed by atoms with Crippen molar-refractivity contribution in [3.63, 3.8) is 0 Å². The fourth-order valence-electron chi connectivity index (χ4n) is 4.06. The largest absolute Gasteiger partial charge is 0.351 e. The number of nitrogens with one attached hydrogen (secondary N) is 1. The van der Waals surface area contributed by atoms with Gasteiger partial charge >= 0.3 is 5.69 Å². The third-order valence-electron chi connectivity index (χ3n) is 5.84. The van der Waals surface area contributed by atoms with Crippen molar-refractivity contribution in [1.29, 1.82) is 0 Å². The third-order valence-corrected chi connectivity index (χ3v) is 5.84. The predicted octanol–water partition coefficient (Wildman–Crippen LogP) is 1.44. The molecule has 8 nitrogen and oxygen atoms in total. The number of hydrogen-bond donors (Lipinski definition) is 2. The van der Waals surface area contributed by atoms with Crippen molar-refractivity contribution in [2.75, 3.05) is 5.32 Å². The number of benzene rings is 1. The lowest BCUT2D eigenvalue weighted by Gasteiger charge is -2.29. The van der Waals surface area contributed by atoms with E-state index in [0.29, 0.717) is 5.95 Å². The van der Waals surface area contributed by atoms with E-state index in [1.54, 1.807) is 0 Å². The van der Waals surface area contributed by atoms with E-state index in [9.17, 15) is 18.4 Å². The van der Waals surface area contributed by atoms with Crippen LogP contribution in [-0.4, -0.2) is 30.8 Å². The molecule has 1 aliphatic carbocycles. The normalized spacial score (nSPS) is 19.4. The first kappa shape index (κ1) is 20.3. The number of aryl methyl sites for hydroxylation is 1. The molecule has 0 spiro atoms. The van der Waals surface area contributed by atoms with Crippen LogP contribution >= 0.6 is 0 Å². The van der Waals surface area contributed by atoms with E-state index in [1.807, 2.05) is 0 Å². The maximum Gasteiger partial charge on any atom is 0.332 e. The summed E-state index contributed by atoms with van der Waals surface area (Å²) in [7, 11) is 2.88. The fourth-order valence-corrected chi connectivity index (χ4v) is 4.06. The van der Waals surface area contributed by atoms with Gasteiger partial charge in [0.25, 0.3) is 5.56 Å². The second-order valence-electron chi connectivity index (χ2n) is 7.81. The first-order valence-electron chi connectivity index (χ1n) is 9.91. The molecule has 2 aromatic heterocycles. The monoisotopic (exact) mass is 418 g/mol. The average Bonchev–Trinajstić information content (AvgIpc) is 3.08. The van der Waals surface area contributed by atoms with Crippen molar-refractivity contribution < 1.29 is 8.78 Å². The number of imidazole rings is 1. The molecule has 160 valence electrons. The van der Waals surface area contributed by atoms with Gasteiger partial charge in [-0.05, 0) is 18.9 Å². The van der Waals surface area contributed by atoms with Gasteiger partial charge in [0.15, 0.2) is 22.8 Å². The Morgan fingerprint density at radius 3 is 2.63 bits per heavy atom. The lowest BCUT2D eigenvalue weighted by molar-refractivity contribution is 0.401. The summed E-state index contributed by atoms with van der Waals surface area (Å²) in [5.74, 6) is -1.66. The van der Waals surface area contributed by atoms with Crippen LogP contribution in [-0.2, 0) is 20.6 Å². The second-order valence-corrected chi connectivity index (χ2v) is 7.81. The maximum atomic E-state index is 14.4. The molecule has 3 N–H and O–H groups in total. The fraction of sp³-hybridized carbons (Fsp3) is 0.450. The number of anilines is 1. The van der Waals surface area contributed by atoms with Crippen LogP contribution in [0, 0.1) is 11.6 Å². The summed E-state index contributed by atoms with van der Waals surface area (Å²) in [5, 5.41) is 3.28. The highest BCUT2D eigenvalue weighted by molar-refractivity contribution is 5.74. The summed E-state index contributed by atoms with van der Waals surface area (Å²) in [5.41, 5.74) is 5.55. The van der Waals surface area contributed by atoms with Gasteiger partial charge in [-0.25, -0.2) is 13.6 Å². The zero-order valence-electron chi connectivity index (χ0n) is 16.9. The van der Waals surface area contributed by atoms with Gasteiger partial charge in [-0.2, -0.15) is 4.98 Å². The van der Waals surface area contributed by atoms with Gasteiger partial charge in [-0.15, -0.1) is 0 Å². The van der Waals surface area contributed by atoms with Crippen LogP contribution in [0.3, 0.4) is 0 Å². The minimum atomic E-state index is -0.985. The van der Waals surface area contributed by atoms with Crippen LogP contribution in [0.1, 0.15) is 31.2 Å². The Balaban J connectivity index is 1.91. The van der Waals surface area contributed by atoms with E-state index in [4.69, 9.17) is 5.73 Å². The van der Waals surface area contributed by atoms with Gasteiger partial charge in [0.05, 0.1) is 6.54 Å². The minimum Gasteiger partial charge on any atom is -0.351 e. The van der Waals surface area contributed by atoms with E-state index in [1.165, 1.54) is 35.4 Å². The highest BCUT2D eigenvalue weighted by Crippen LogP contribution is 2.24. The molecule has 0 aliphatic heterocycles. The van der Waals surface area contributed by atoms with Crippen LogP contribution in [0.25, 0.3) is 11.2 Å². The quantitative estimate of drug-likeness (QED) is 0.668. The number of fused-ring (bicyclic) bond motifs is 1. The molecule has 4 rings (SSSR count). The van der Waals surface area contributed by atoms with E-state index in [2.05, 4.69) is 10.3 Å². The molecule has 1 aromatic carbocycles. The Kier molecular flexibility index (Phi) is 5.19. The molecule has 1 fully saturated rings. The van der Waals surface area contributed by atoms with E-state index >= 15 is 0 Å². The topological polar surface area (TPSA) is 99.9 Å². The Hall–Kier alpha value is -3.01. The SMILES string of the molecule is Cn1c(=O)c2c(nc(NC3CCCCC3N)n2Cc2cccc(F)c2F)n(C)c1=O. The third kappa shape index (κ3) is 3.30. The Bertz CT molecular complexity index is 1230. The van der Waals surface area contributed by atoms with Crippen molar-refractivity contribution >= 4 is 17.1 Å². The Morgan fingerprint density at radius 2 is 1.90 bits per heavy atom. The van der Waals surface area contributed by atoms with Gasteiger partial charge in [0.2, 0.25) is 5.95 Å². The van der Waals surface area contributed by atoms with Gasteiger partial charge < -0.3 is 11.1 Å². The maximum absolute atomic E-state index is 14.4. The first-order valence-corrected chi connectivity index (χ1v) is 9.91. The molecule has 10 heteroatoms. The highest BCUT2D eigenvalue weighted by atomic mass is 19.2. The van der Waals surface area contributed by atoms with Gasteiger partial charge in [-0.3, -0.25) is 18.5 Å². The zero-order valence-corrected chi connectivity index (χ0v) is 16.9. The van der Waals surface area contributed by atoms with Crippen molar-refractivity contribution in [2.24, 2.45) is 19.8 Å². The number of nitrogens with zero attached hydrogens (tertiary/aromatic N) is 4. The standard InChI is InChI=1S/C20H24F2N6O2/c1-26-17-16(18(29)27(2)20(26)30)28(10-11-6-5-7-12(21)15(11)22)19(25-17)24-14-9-4-3-8-13(14)23/h5-7,13-14H,3-4,8-10,23H2,1-2H3,(H,24,25). The minimum absolute atomic E-state index is 0.0706. The molecule has 0 bridgehead atoms. The lowest BCUT2D eigenvalue weighted by atomic mass is 9.91. The van der Waals surface area contributed by atoms with Crippen LogP contribution in [0.15, 0.2) is 27.8 Å². The molecule has 0 amide bonds. The van der Waals surface area contributed by atoms with Crippen molar-refractivity contribution in [3.8, 4) is 0 Å². The second kappa shape index (κ2) is 7.67. The van der Waals surface area contributed by atoms with Crippen LogP contribution in [0.5, 0.6) is 0 Å². The molecule has 2 atom stereocenters. The smallest absolute Gasteiger partial charge is 0.332 e. The zero-order chi connectivity index (χ0) is 21.6. The molecule has 2 unspecified atom stereocenters. The molecule has 1 saturated carbocycles. The molecule has 3 aromatic rings. The van der Waals surface area contributed by atoms with E-state index in [-0.39, 0.29) is 35.4 Å². The molecule has 30 heavy (non-hydrogen) atoms. The van der Waals surface area contributed by atoms with Crippen molar-refractivity contribution in [2.45, 2.75) is 44.3 Å². The molecule has 1 aliphatic rings. The summed E-state index contributed by atoms with van der Waals surface area (Å²) >= 11 is 0. The summed E-state index contributed by atoms with van der Waals surface area (Å²) in [4.78, 5) is 29.7. The van der Waals surface area contributed by atoms with Crippen LogP contribution < -0.4 is 22.3 Å². The average molecular weight is 418 g/mol. The van der Waals surface area contributed by atoms with Gasteiger partial charge in [-0.1, -0.05) is 25.0 Å². The highest BCUT2D eigenvalue weighted by Gasteiger charge is 2.26. The van der Waals surface area contributed by atoms with Crippen LogP contribution in [0.4, 0.5) is 14.7 Å². The Morgan fingerprint density at radius 1 is 1.17 bits per heavy atom. The van der Waals surface area contributed by atoms with Gasteiger partial charge in [0.1, 0.15) is 0 Å². The van der Waals surface area contributed by atoms with Crippen molar-refractivity contribution in [1.82, 2.24) is 18.7 Å². The Labute approximate surface area is 170 Å². The number of rotatable bonds is 4. The summed E-state index contributed by atoms with van der Waals surface area (Å²) in [6, 6.07) is 3.72. The number of halogens is 2. The van der Waals surface area contributed by atoms with Crippen LogP contribution in [0.2, 0.25) is 0 Å². The molecule has 2 heterocycles. The molecule has 0 radical (unpaired) electrons. The number of aromatic nitrogens is 4. The molecular weight excluding hydrogens is 394 g/mol. The first-order chi connectivity index (χ1) is 14.3. The number of hydrogen-bond acceptors (Lipinski definition) is 5. The van der Waals surface area contributed by atoms with Gasteiger partial charge in [0, 0.05) is 31.7 Å². The van der Waals surface area contributed by atoms with E-state index < -0.39 is 22.9 Å².